The van der Waals surface area contributed by atoms with E-state index in [1.165, 1.54) is 4.57 Å². The molecule has 6 nitrogen and oxygen atoms in total. The van der Waals surface area contributed by atoms with Crippen molar-refractivity contribution in [2.45, 2.75) is 32.9 Å². The first kappa shape index (κ1) is 18.9. The highest BCUT2D eigenvalue weighted by Gasteiger charge is 2.18. The summed E-state index contributed by atoms with van der Waals surface area (Å²) in [7, 11) is 0. The van der Waals surface area contributed by atoms with Crippen molar-refractivity contribution in [2.75, 3.05) is 0 Å². The van der Waals surface area contributed by atoms with Crippen molar-refractivity contribution in [3.63, 3.8) is 0 Å². The zero-order chi connectivity index (χ0) is 19.6. The van der Waals surface area contributed by atoms with Gasteiger partial charge in [-0.2, -0.15) is 0 Å². The fourth-order valence-electron chi connectivity index (χ4n) is 2.89. The number of halogens is 1. The topological polar surface area (TPSA) is 73.1 Å². The molecule has 0 spiro atoms. The summed E-state index contributed by atoms with van der Waals surface area (Å²) >= 11 is 6.21. The third kappa shape index (κ3) is 3.66. The van der Waals surface area contributed by atoms with Gasteiger partial charge in [-0.15, -0.1) is 0 Å². The van der Waals surface area contributed by atoms with Crippen molar-refractivity contribution in [1.82, 2.24) is 14.5 Å². The first-order valence-corrected chi connectivity index (χ1v) is 9.10. The van der Waals surface area contributed by atoms with Gasteiger partial charge in [-0.3, -0.25) is 14.2 Å². The van der Waals surface area contributed by atoms with E-state index in [-0.39, 0.29) is 29.2 Å². The van der Waals surface area contributed by atoms with Crippen LogP contribution in [-0.2, 0) is 11.3 Å². The molecule has 7 heteroatoms. The lowest BCUT2D eigenvalue weighted by Gasteiger charge is -2.16. The molecule has 2 aromatic carbocycles. The van der Waals surface area contributed by atoms with E-state index in [0.717, 1.165) is 11.0 Å². The number of aromatic nitrogens is 2. The van der Waals surface area contributed by atoms with E-state index < -0.39 is 11.2 Å². The molecule has 0 bridgehead atoms. The smallest absolute Gasteiger partial charge is 0.336 e. The maximum atomic E-state index is 13.1. The lowest BCUT2D eigenvalue weighted by molar-refractivity contribution is -0.122. The number of nitrogens with zero attached hydrogens (tertiary/aromatic N) is 2. The van der Waals surface area contributed by atoms with Gasteiger partial charge in [0.05, 0.1) is 21.6 Å². The summed E-state index contributed by atoms with van der Waals surface area (Å²) in [6, 6.07) is 13.4. The van der Waals surface area contributed by atoms with Gasteiger partial charge >= 0.3 is 5.69 Å². The Morgan fingerprint density at radius 3 is 2.48 bits per heavy atom. The molecule has 0 saturated heterocycles. The summed E-state index contributed by atoms with van der Waals surface area (Å²) in [5.41, 5.74) is -0.375. The van der Waals surface area contributed by atoms with Gasteiger partial charge in [0.25, 0.3) is 5.56 Å². The lowest BCUT2D eigenvalue weighted by atomic mass is 10.2. The van der Waals surface area contributed by atoms with Crippen LogP contribution in [0.25, 0.3) is 16.6 Å². The Balaban J connectivity index is 2.25. The summed E-state index contributed by atoms with van der Waals surface area (Å²) in [6.45, 7) is 3.67. The van der Waals surface area contributed by atoms with Crippen LogP contribution in [0.3, 0.4) is 0 Å². The summed E-state index contributed by atoms with van der Waals surface area (Å²) in [5, 5.41) is 3.46. The quantitative estimate of drug-likeness (QED) is 0.733. The van der Waals surface area contributed by atoms with Crippen LogP contribution >= 0.6 is 11.6 Å². The summed E-state index contributed by atoms with van der Waals surface area (Å²) < 4.78 is 2.32. The Morgan fingerprint density at radius 1 is 1.11 bits per heavy atom. The van der Waals surface area contributed by atoms with Crippen LogP contribution in [0.5, 0.6) is 0 Å². The van der Waals surface area contributed by atoms with E-state index in [9.17, 15) is 14.4 Å². The molecule has 0 aliphatic carbocycles. The standard InChI is InChI=1S/C20H20ClN3O3/c1-3-13(2)22-18(25)12-23-16-10-6-4-8-14(16)19(26)24(20(23)27)17-11-7-5-9-15(17)21/h4-11,13H,3,12H2,1-2H3,(H,22,25)/t13-/m1/s1. The van der Waals surface area contributed by atoms with E-state index in [0.29, 0.717) is 10.9 Å². The van der Waals surface area contributed by atoms with E-state index in [2.05, 4.69) is 5.32 Å². The molecule has 0 radical (unpaired) electrons. The van der Waals surface area contributed by atoms with Gasteiger partial charge in [0.15, 0.2) is 0 Å². The molecule has 3 rings (SSSR count). The number of hydrogen-bond donors (Lipinski definition) is 1. The van der Waals surface area contributed by atoms with E-state index in [1.807, 2.05) is 13.8 Å². The van der Waals surface area contributed by atoms with Gasteiger partial charge in [0.2, 0.25) is 5.91 Å². The number of carbonyl (C=O) groups is 1. The third-order valence-electron chi connectivity index (χ3n) is 4.47. The Bertz CT molecular complexity index is 1120. The largest absolute Gasteiger partial charge is 0.352 e. The van der Waals surface area contributed by atoms with Crippen LogP contribution in [0.15, 0.2) is 58.1 Å². The fourth-order valence-corrected chi connectivity index (χ4v) is 3.11. The molecular formula is C20H20ClN3O3. The second-order valence-electron chi connectivity index (χ2n) is 6.35. The second-order valence-corrected chi connectivity index (χ2v) is 6.76. The number of amides is 1. The summed E-state index contributed by atoms with van der Waals surface area (Å²) in [4.78, 5) is 38.5. The fraction of sp³-hybridized carbons (Fsp3) is 0.250. The number of carbonyl (C=O) groups excluding carboxylic acids is 1. The molecular weight excluding hydrogens is 366 g/mol. The first-order chi connectivity index (χ1) is 12.9. The maximum Gasteiger partial charge on any atom is 0.336 e. The monoisotopic (exact) mass is 385 g/mol. The number of hydrogen-bond acceptors (Lipinski definition) is 3. The van der Waals surface area contributed by atoms with Crippen molar-refractivity contribution in [2.24, 2.45) is 0 Å². The molecule has 1 N–H and O–H groups in total. The molecule has 0 aliphatic rings. The minimum Gasteiger partial charge on any atom is -0.352 e. The highest BCUT2D eigenvalue weighted by Crippen LogP contribution is 2.18. The summed E-state index contributed by atoms with van der Waals surface area (Å²) in [6.07, 6.45) is 0.778. The Morgan fingerprint density at radius 2 is 1.78 bits per heavy atom. The normalized spacial score (nSPS) is 12.1. The SMILES string of the molecule is CC[C@@H](C)NC(=O)Cn1c(=O)n(-c2ccccc2Cl)c(=O)c2ccccc21. The van der Waals surface area contributed by atoms with Gasteiger partial charge in [0, 0.05) is 6.04 Å². The predicted molar refractivity (Wildman–Crippen MR) is 107 cm³/mol. The molecule has 1 amide bonds. The highest BCUT2D eigenvalue weighted by molar-refractivity contribution is 6.32. The number of para-hydroxylation sites is 2. The van der Waals surface area contributed by atoms with E-state index in [4.69, 9.17) is 11.6 Å². The molecule has 3 aromatic rings. The Hall–Kier alpha value is -2.86. The van der Waals surface area contributed by atoms with Gasteiger partial charge in [-0.1, -0.05) is 42.8 Å². The maximum absolute atomic E-state index is 13.1. The minimum atomic E-state index is -0.605. The van der Waals surface area contributed by atoms with E-state index in [1.54, 1.807) is 48.5 Å². The molecule has 0 fully saturated rings. The van der Waals surface area contributed by atoms with Gasteiger partial charge in [-0.25, -0.2) is 9.36 Å². The zero-order valence-corrected chi connectivity index (χ0v) is 15.9. The molecule has 140 valence electrons. The van der Waals surface area contributed by atoms with Crippen molar-refractivity contribution < 1.29 is 4.79 Å². The zero-order valence-electron chi connectivity index (χ0n) is 15.1. The van der Waals surface area contributed by atoms with Crippen molar-refractivity contribution in [3.05, 3.63) is 74.4 Å². The number of rotatable bonds is 5. The third-order valence-corrected chi connectivity index (χ3v) is 4.78. The van der Waals surface area contributed by atoms with E-state index >= 15 is 0 Å². The molecule has 1 aromatic heterocycles. The van der Waals surface area contributed by atoms with Gasteiger partial charge in [-0.05, 0) is 37.6 Å². The molecule has 1 atom stereocenters. The Kier molecular flexibility index (Phi) is 5.46. The van der Waals surface area contributed by atoms with Crippen molar-refractivity contribution in [3.8, 4) is 5.69 Å². The van der Waals surface area contributed by atoms with Crippen LogP contribution < -0.4 is 16.6 Å². The predicted octanol–water partition coefficient (Wildman–Crippen LogP) is 2.72. The summed E-state index contributed by atoms with van der Waals surface area (Å²) in [5.74, 6) is -0.291. The minimum absolute atomic E-state index is 0.00561. The molecule has 0 unspecified atom stereocenters. The second kappa shape index (κ2) is 7.80. The Labute approximate surface area is 161 Å². The first-order valence-electron chi connectivity index (χ1n) is 8.73. The van der Waals surface area contributed by atoms with Crippen molar-refractivity contribution in [1.29, 1.82) is 0 Å². The van der Waals surface area contributed by atoms with Gasteiger partial charge in [0.1, 0.15) is 6.54 Å². The molecule has 0 aliphatic heterocycles. The lowest BCUT2D eigenvalue weighted by Crippen LogP contribution is -2.43. The molecule has 0 saturated carbocycles. The number of benzene rings is 2. The molecule has 27 heavy (non-hydrogen) atoms. The number of fused-ring (bicyclic) bond motifs is 1. The van der Waals surface area contributed by atoms with Gasteiger partial charge < -0.3 is 5.32 Å². The van der Waals surface area contributed by atoms with Crippen LogP contribution in [0.1, 0.15) is 20.3 Å². The van der Waals surface area contributed by atoms with Crippen molar-refractivity contribution >= 4 is 28.4 Å². The van der Waals surface area contributed by atoms with Crippen LogP contribution in [-0.4, -0.2) is 21.1 Å². The average molecular weight is 386 g/mol. The van der Waals surface area contributed by atoms with Crippen LogP contribution in [0.2, 0.25) is 5.02 Å². The van der Waals surface area contributed by atoms with Crippen LogP contribution in [0.4, 0.5) is 0 Å². The van der Waals surface area contributed by atoms with Crippen LogP contribution in [0, 0.1) is 0 Å². The number of nitrogens with one attached hydrogen (secondary N) is 1. The average Bonchev–Trinajstić information content (AvgIpc) is 2.66. The molecule has 1 heterocycles. The highest BCUT2D eigenvalue weighted by atomic mass is 35.5.